The van der Waals surface area contributed by atoms with Crippen LogP contribution in [0, 0.1) is 0 Å². The van der Waals surface area contributed by atoms with Crippen molar-refractivity contribution in [1.82, 2.24) is 20.2 Å². The summed E-state index contributed by atoms with van der Waals surface area (Å²) in [6.07, 6.45) is -4.65. The van der Waals surface area contributed by atoms with Gasteiger partial charge in [0.15, 0.2) is 5.82 Å². The van der Waals surface area contributed by atoms with Gasteiger partial charge in [0.05, 0.1) is 23.4 Å². The number of alkyl halides is 3. The number of carbonyl (C=O) groups excluding carboxylic acids is 1. The second-order valence-corrected chi connectivity index (χ2v) is 6.14. The third-order valence-electron chi connectivity index (χ3n) is 3.76. The number of hydrogen-bond donors (Lipinski definition) is 0. The summed E-state index contributed by atoms with van der Waals surface area (Å²) in [4.78, 5) is 11.6. The molecule has 0 spiro atoms. The molecule has 0 aliphatic rings. The van der Waals surface area contributed by atoms with Crippen LogP contribution in [0.3, 0.4) is 0 Å². The summed E-state index contributed by atoms with van der Waals surface area (Å²) in [6.45, 7) is 1.75. The van der Waals surface area contributed by atoms with Gasteiger partial charge in [-0.2, -0.15) is 17.9 Å². The second-order valence-electron chi connectivity index (χ2n) is 5.70. The summed E-state index contributed by atoms with van der Waals surface area (Å²) in [6, 6.07) is 9.38. The number of esters is 1. The van der Waals surface area contributed by atoms with Crippen molar-refractivity contribution in [3.8, 4) is 11.4 Å². The van der Waals surface area contributed by atoms with E-state index in [1.807, 2.05) is 0 Å². The summed E-state index contributed by atoms with van der Waals surface area (Å²) in [5.74, 6) is -0.0440. The number of ether oxygens (including phenoxy) is 2. The van der Waals surface area contributed by atoms with Crippen LogP contribution >= 0.6 is 11.6 Å². The highest BCUT2D eigenvalue weighted by molar-refractivity contribution is 6.30. The number of benzene rings is 2. The lowest BCUT2D eigenvalue weighted by atomic mass is 10.1. The molecule has 7 nitrogen and oxygen atoms in total. The fourth-order valence-corrected chi connectivity index (χ4v) is 2.62. The van der Waals surface area contributed by atoms with Gasteiger partial charge >= 0.3 is 12.1 Å². The Kier molecular flexibility index (Phi) is 6.02. The molecule has 0 N–H and O–H groups in total. The summed E-state index contributed by atoms with van der Waals surface area (Å²) in [5, 5.41) is 10.7. The molecule has 1 heterocycles. The van der Waals surface area contributed by atoms with Crippen LogP contribution in [-0.2, 0) is 17.5 Å². The van der Waals surface area contributed by atoms with Gasteiger partial charge in [-0.05, 0) is 59.8 Å². The van der Waals surface area contributed by atoms with Crippen molar-refractivity contribution in [3.05, 3.63) is 64.4 Å². The average molecular weight is 427 g/mol. The number of aromatic nitrogens is 4. The first kappa shape index (κ1) is 20.6. The Labute approximate surface area is 168 Å². The third kappa shape index (κ3) is 4.83. The SMILES string of the molecule is CCOC(=O)c1ccc(OCc2nnnn2-c2ccc(Cl)cc2C(F)(F)F)cc1. The van der Waals surface area contributed by atoms with Gasteiger partial charge in [-0.1, -0.05) is 11.6 Å². The van der Waals surface area contributed by atoms with Crippen LogP contribution in [0.1, 0.15) is 28.7 Å². The number of tetrazole rings is 1. The second kappa shape index (κ2) is 8.48. The lowest BCUT2D eigenvalue weighted by Gasteiger charge is -2.14. The van der Waals surface area contributed by atoms with Crippen molar-refractivity contribution in [2.24, 2.45) is 0 Å². The van der Waals surface area contributed by atoms with Gasteiger partial charge in [0.2, 0.25) is 0 Å². The maximum Gasteiger partial charge on any atom is 0.418 e. The van der Waals surface area contributed by atoms with E-state index in [1.54, 1.807) is 6.92 Å². The zero-order valence-corrected chi connectivity index (χ0v) is 15.7. The van der Waals surface area contributed by atoms with E-state index in [9.17, 15) is 18.0 Å². The standard InChI is InChI=1S/C18H14ClF3N4O3/c1-2-28-17(27)11-3-6-13(7-4-11)29-10-16-23-24-25-26(16)15-8-5-12(19)9-14(15)18(20,21)22/h3-9H,2,10H2,1H3. The van der Waals surface area contributed by atoms with Gasteiger partial charge in [0.1, 0.15) is 12.4 Å². The van der Waals surface area contributed by atoms with Crippen LogP contribution in [0.4, 0.5) is 13.2 Å². The minimum atomic E-state index is -4.65. The summed E-state index contributed by atoms with van der Waals surface area (Å²) >= 11 is 5.70. The Bertz CT molecular complexity index is 1010. The molecule has 11 heteroatoms. The minimum Gasteiger partial charge on any atom is -0.486 e. The van der Waals surface area contributed by atoms with Crippen molar-refractivity contribution in [3.63, 3.8) is 0 Å². The maximum absolute atomic E-state index is 13.4. The van der Waals surface area contributed by atoms with Crippen molar-refractivity contribution < 1.29 is 27.4 Å². The van der Waals surface area contributed by atoms with Crippen LogP contribution in [0.25, 0.3) is 5.69 Å². The Morgan fingerprint density at radius 2 is 1.90 bits per heavy atom. The van der Waals surface area contributed by atoms with E-state index >= 15 is 0 Å². The fraction of sp³-hybridized carbons (Fsp3) is 0.222. The molecular weight excluding hydrogens is 413 g/mol. The number of nitrogens with zero attached hydrogens (tertiary/aromatic N) is 4. The van der Waals surface area contributed by atoms with E-state index in [-0.39, 0.29) is 29.7 Å². The van der Waals surface area contributed by atoms with Crippen molar-refractivity contribution in [2.45, 2.75) is 19.7 Å². The smallest absolute Gasteiger partial charge is 0.418 e. The first-order valence-electron chi connectivity index (χ1n) is 8.34. The normalized spacial score (nSPS) is 11.3. The third-order valence-corrected chi connectivity index (χ3v) is 3.99. The molecule has 3 aromatic rings. The van der Waals surface area contributed by atoms with Crippen molar-refractivity contribution in [1.29, 1.82) is 0 Å². The molecule has 0 bridgehead atoms. The number of hydrogen-bond acceptors (Lipinski definition) is 6. The van der Waals surface area contributed by atoms with Gasteiger partial charge in [0.25, 0.3) is 0 Å². The van der Waals surface area contributed by atoms with E-state index in [4.69, 9.17) is 21.1 Å². The molecule has 0 atom stereocenters. The highest BCUT2D eigenvalue weighted by Crippen LogP contribution is 2.35. The van der Waals surface area contributed by atoms with Gasteiger partial charge < -0.3 is 9.47 Å². The topological polar surface area (TPSA) is 79.1 Å². The summed E-state index contributed by atoms with van der Waals surface area (Å²) < 4.78 is 51.4. The van der Waals surface area contributed by atoms with Crippen molar-refractivity contribution in [2.75, 3.05) is 6.61 Å². The molecule has 2 aromatic carbocycles. The first-order valence-corrected chi connectivity index (χ1v) is 8.71. The highest BCUT2D eigenvalue weighted by Gasteiger charge is 2.35. The van der Waals surface area contributed by atoms with Gasteiger partial charge in [-0.25, -0.2) is 4.79 Å². The van der Waals surface area contributed by atoms with Gasteiger partial charge in [0, 0.05) is 5.02 Å². The zero-order valence-electron chi connectivity index (χ0n) is 15.0. The largest absolute Gasteiger partial charge is 0.486 e. The Morgan fingerprint density at radius 3 is 2.55 bits per heavy atom. The first-order chi connectivity index (χ1) is 13.8. The number of halogens is 4. The molecule has 1 aromatic heterocycles. The summed E-state index contributed by atoms with van der Waals surface area (Å²) in [5.41, 5.74) is -0.902. The van der Waals surface area contributed by atoms with E-state index in [0.717, 1.165) is 10.7 Å². The Hall–Kier alpha value is -3.14. The molecule has 3 rings (SSSR count). The molecule has 0 amide bonds. The van der Waals surface area contributed by atoms with Crippen LogP contribution in [-0.4, -0.2) is 32.8 Å². The molecule has 0 aliphatic heterocycles. The molecule has 0 aliphatic carbocycles. The van der Waals surface area contributed by atoms with Crippen molar-refractivity contribution >= 4 is 17.6 Å². The molecule has 0 radical (unpaired) electrons. The zero-order chi connectivity index (χ0) is 21.0. The van der Waals surface area contributed by atoms with E-state index in [0.29, 0.717) is 11.3 Å². The minimum absolute atomic E-state index is 0.0484. The van der Waals surface area contributed by atoms with Crippen LogP contribution in [0.15, 0.2) is 42.5 Å². The lowest BCUT2D eigenvalue weighted by Crippen LogP contribution is -2.14. The van der Waals surface area contributed by atoms with E-state index < -0.39 is 17.7 Å². The molecule has 29 heavy (non-hydrogen) atoms. The molecule has 0 fully saturated rings. The molecule has 152 valence electrons. The molecule has 0 saturated carbocycles. The van der Waals surface area contributed by atoms with Crippen LogP contribution in [0.2, 0.25) is 5.02 Å². The molecular formula is C18H14ClF3N4O3. The number of rotatable bonds is 6. The van der Waals surface area contributed by atoms with E-state index in [1.165, 1.54) is 36.4 Å². The average Bonchev–Trinajstić information content (AvgIpc) is 3.14. The summed E-state index contributed by atoms with van der Waals surface area (Å²) in [7, 11) is 0. The predicted octanol–water partition coefficient (Wildman–Crippen LogP) is 4.09. The highest BCUT2D eigenvalue weighted by atomic mass is 35.5. The fourth-order valence-electron chi connectivity index (χ4n) is 2.45. The van der Waals surface area contributed by atoms with E-state index in [2.05, 4.69) is 15.5 Å². The van der Waals surface area contributed by atoms with Gasteiger partial charge in [-0.3, -0.25) is 0 Å². The number of carbonyl (C=O) groups is 1. The van der Waals surface area contributed by atoms with Crippen LogP contribution in [0.5, 0.6) is 5.75 Å². The monoisotopic (exact) mass is 426 g/mol. The van der Waals surface area contributed by atoms with Gasteiger partial charge in [-0.15, -0.1) is 5.10 Å². The molecule has 0 unspecified atom stereocenters. The predicted molar refractivity (Wildman–Crippen MR) is 95.9 cm³/mol. The lowest BCUT2D eigenvalue weighted by molar-refractivity contribution is -0.137. The Balaban J connectivity index is 1.79. The quantitative estimate of drug-likeness (QED) is 0.552. The van der Waals surface area contributed by atoms with Crippen LogP contribution < -0.4 is 4.74 Å². The molecule has 0 saturated heterocycles. The maximum atomic E-state index is 13.4. The Morgan fingerprint density at radius 1 is 1.17 bits per heavy atom.